The van der Waals surface area contributed by atoms with Gasteiger partial charge in [0.1, 0.15) is 54.4 Å². The van der Waals surface area contributed by atoms with Gasteiger partial charge in [-0.1, -0.05) is 13.8 Å². The molecule has 0 saturated carbocycles. The molecule has 314 valence electrons. The summed E-state index contributed by atoms with van der Waals surface area (Å²) in [4.78, 5) is 112. The van der Waals surface area contributed by atoms with Crippen LogP contribution in [0.4, 0.5) is 0 Å². The molecular weight excluding hydrogens is 746 g/mol. The van der Waals surface area contributed by atoms with Gasteiger partial charge >= 0.3 is 5.97 Å². The predicted molar refractivity (Wildman–Crippen MR) is 181 cm³/mol. The maximum Gasteiger partial charge on any atom is 0.328 e. The minimum Gasteiger partial charge on any atom is -0.480 e. The van der Waals surface area contributed by atoms with Crippen molar-refractivity contribution in [3.8, 4) is 0 Å². The van der Waals surface area contributed by atoms with Crippen molar-refractivity contribution in [3.63, 3.8) is 0 Å². The molecule has 0 aromatic heterocycles. The highest BCUT2D eigenvalue weighted by Gasteiger charge is 2.34. The number of aliphatic hydroxyl groups excluding tert-OH is 7. The van der Waals surface area contributed by atoms with E-state index in [4.69, 9.17) is 21.1 Å². The van der Waals surface area contributed by atoms with Crippen LogP contribution in [0.3, 0.4) is 0 Å². The van der Waals surface area contributed by atoms with Crippen molar-refractivity contribution < 1.29 is 84.0 Å². The molecule has 0 heterocycles. The van der Waals surface area contributed by atoms with Gasteiger partial charge in [0.2, 0.25) is 47.3 Å². The van der Waals surface area contributed by atoms with E-state index >= 15 is 0 Å². The lowest BCUT2D eigenvalue weighted by Crippen LogP contribution is -2.62. The number of carbonyl (C=O) groups excluding carboxylic acids is 8. The molecule has 0 aromatic carbocycles. The van der Waals surface area contributed by atoms with E-state index in [-0.39, 0.29) is 0 Å². The topological polar surface area (TPSA) is 438 Å². The van der Waals surface area contributed by atoms with Gasteiger partial charge in [-0.25, -0.2) is 4.79 Å². The second-order valence-electron chi connectivity index (χ2n) is 12.1. The van der Waals surface area contributed by atoms with Gasteiger partial charge in [0, 0.05) is 0 Å². The first-order valence-corrected chi connectivity index (χ1v) is 16.4. The van der Waals surface area contributed by atoms with Crippen molar-refractivity contribution in [2.24, 2.45) is 11.7 Å². The fourth-order valence-electron chi connectivity index (χ4n) is 4.06. The summed E-state index contributed by atoms with van der Waals surface area (Å²) in [5.41, 5.74) is 5.36. The molecule has 26 nitrogen and oxygen atoms in total. The van der Waals surface area contributed by atoms with Crippen LogP contribution in [0.5, 0.6) is 0 Å². The van der Waals surface area contributed by atoms with E-state index < -0.39 is 160 Å². The summed E-state index contributed by atoms with van der Waals surface area (Å²) in [5.74, 6) is -11.5. The van der Waals surface area contributed by atoms with Crippen LogP contribution in [-0.2, 0) is 43.2 Å². The molecule has 0 spiro atoms. The lowest BCUT2D eigenvalue weighted by atomic mass is 10.0. The molecule has 0 fully saturated rings. The Morgan fingerprint density at radius 3 is 0.982 bits per heavy atom. The molecule has 0 radical (unpaired) electrons. The first kappa shape index (κ1) is 49.9. The summed E-state index contributed by atoms with van der Waals surface area (Å²) in [6.45, 7) is -3.05. The smallest absolute Gasteiger partial charge is 0.328 e. The number of carbonyl (C=O) groups is 9. The van der Waals surface area contributed by atoms with E-state index in [0.717, 1.165) is 0 Å². The average Bonchev–Trinajstić information content (AvgIpc) is 3.15. The van der Waals surface area contributed by atoms with Crippen LogP contribution < -0.4 is 48.3 Å². The molecule has 18 N–H and O–H groups in total. The van der Waals surface area contributed by atoms with Crippen LogP contribution >= 0.6 is 0 Å². The van der Waals surface area contributed by atoms with Crippen molar-refractivity contribution in [3.05, 3.63) is 0 Å². The van der Waals surface area contributed by atoms with E-state index in [9.17, 15) is 68.7 Å². The lowest BCUT2D eigenvalue weighted by Gasteiger charge is -2.27. The second kappa shape index (κ2) is 25.1. The van der Waals surface area contributed by atoms with Crippen molar-refractivity contribution in [1.29, 1.82) is 0 Å². The molecule has 0 aliphatic carbocycles. The Morgan fingerprint density at radius 1 is 0.400 bits per heavy atom. The van der Waals surface area contributed by atoms with E-state index in [1.807, 2.05) is 21.3 Å². The maximum atomic E-state index is 13.1. The van der Waals surface area contributed by atoms with E-state index in [1.54, 1.807) is 0 Å². The quantitative estimate of drug-likeness (QED) is 0.0408. The van der Waals surface area contributed by atoms with E-state index in [0.29, 0.717) is 0 Å². The van der Waals surface area contributed by atoms with Gasteiger partial charge in [-0.15, -0.1) is 0 Å². The molecule has 0 saturated heterocycles. The molecule has 0 bridgehead atoms. The van der Waals surface area contributed by atoms with Gasteiger partial charge in [-0.3, -0.25) is 38.4 Å². The van der Waals surface area contributed by atoms with E-state index in [2.05, 4.69) is 21.3 Å². The van der Waals surface area contributed by atoms with Gasteiger partial charge in [-0.05, 0) is 12.8 Å². The number of hydrogen-bond donors (Lipinski definition) is 17. The monoisotopic (exact) mass is 797 g/mol. The third-order valence-electron chi connectivity index (χ3n) is 7.41. The predicted octanol–water partition coefficient (Wildman–Crippen LogP) is -11.1. The molecule has 9 atom stereocenters. The lowest BCUT2D eigenvalue weighted by molar-refractivity contribution is -0.143. The number of aliphatic carboxylic acids is 1. The molecule has 0 aliphatic rings. The molecule has 55 heavy (non-hydrogen) atoms. The van der Waals surface area contributed by atoms with Crippen molar-refractivity contribution in [2.45, 2.75) is 75.1 Å². The number of carboxylic acid groups (broad SMARTS) is 1. The number of hydrogen-bond acceptors (Lipinski definition) is 17. The molecule has 0 unspecified atom stereocenters. The standard InChI is InChI=1S/C29H51N9O17/c1-11(2)20(28(53)36-17(8-43)25(50)34-16(7-42)26(51)37-19(10-45)29(54)55)38-27(52)18(9-44)35-24(49)15(6-41)33-23(48)14(5-40)32-21(46)12(3)31-22(47)13(30)4-39/h11-20,39-45H,4-10,30H2,1-3H3,(H,31,47)(H,32,46)(H,33,48)(H,34,50)(H,35,49)(H,36,53)(H,37,51)(H,38,52)(H,54,55)/t12-,13-,14-,15-,16-,17-,18-,19-,20-/m0/s1. The number of nitrogens with two attached hydrogens (primary N) is 1. The summed E-state index contributed by atoms with van der Waals surface area (Å²) in [7, 11) is 0. The number of nitrogens with one attached hydrogen (secondary N) is 8. The average molecular weight is 798 g/mol. The number of rotatable bonds is 25. The van der Waals surface area contributed by atoms with Gasteiger partial charge in [0.05, 0.1) is 46.2 Å². The third-order valence-corrected chi connectivity index (χ3v) is 7.41. The zero-order valence-corrected chi connectivity index (χ0v) is 30.1. The Balaban J connectivity index is 5.60. The first-order valence-electron chi connectivity index (χ1n) is 16.4. The zero-order valence-electron chi connectivity index (χ0n) is 30.1. The molecule has 0 aliphatic heterocycles. The van der Waals surface area contributed by atoms with Crippen LogP contribution in [0.2, 0.25) is 0 Å². The first-order chi connectivity index (χ1) is 25.8. The fourth-order valence-corrected chi connectivity index (χ4v) is 4.06. The van der Waals surface area contributed by atoms with E-state index in [1.165, 1.54) is 20.8 Å². The number of aliphatic hydroxyl groups is 7. The Morgan fingerprint density at radius 2 is 0.691 bits per heavy atom. The molecule has 0 rings (SSSR count). The Labute approximate surface area is 313 Å². The van der Waals surface area contributed by atoms with Gasteiger partial charge in [0.25, 0.3) is 0 Å². The SMILES string of the molecule is CC(C)[C@H](NC(=O)[C@H](CO)NC(=O)[C@H](CO)NC(=O)[C@H](CO)NC(=O)[C@H](C)NC(=O)[C@@H](N)CO)C(=O)N[C@@H](CO)C(=O)N[C@@H](CO)C(=O)N[C@@H](CO)C(=O)O. The van der Waals surface area contributed by atoms with Crippen LogP contribution in [0.15, 0.2) is 0 Å². The van der Waals surface area contributed by atoms with Crippen LogP contribution in [-0.4, -0.2) is 195 Å². The molecule has 8 amide bonds. The zero-order chi connectivity index (χ0) is 42.6. The third kappa shape index (κ3) is 16.4. The van der Waals surface area contributed by atoms with Crippen molar-refractivity contribution >= 4 is 53.2 Å². The Bertz CT molecular complexity index is 1350. The summed E-state index contributed by atoms with van der Waals surface area (Å²) >= 11 is 0. The summed E-state index contributed by atoms with van der Waals surface area (Å²) < 4.78 is 0. The minimum absolute atomic E-state index is 0.727. The van der Waals surface area contributed by atoms with Crippen LogP contribution in [0.1, 0.15) is 20.8 Å². The summed E-state index contributed by atoms with van der Waals surface area (Å²) in [5, 5.41) is 91.9. The maximum absolute atomic E-state index is 13.1. The largest absolute Gasteiger partial charge is 0.480 e. The fraction of sp³-hybridized carbons (Fsp3) is 0.690. The normalized spacial score (nSPS) is 15.9. The molecule has 0 aromatic rings. The summed E-state index contributed by atoms with van der Waals surface area (Å²) in [6, 6.07) is -14.9. The highest BCUT2D eigenvalue weighted by atomic mass is 16.4. The Kier molecular flexibility index (Phi) is 22.8. The van der Waals surface area contributed by atoms with Gasteiger partial charge < -0.3 is 89.1 Å². The molecule has 26 heteroatoms. The van der Waals surface area contributed by atoms with Gasteiger partial charge in [-0.2, -0.15) is 0 Å². The second-order valence-corrected chi connectivity index (χ2v) is 12.1. The number of amides is 8. The highest BCUT2D eigenvalue weighted by molar-refractivity contribution is 5.98. The highest BCUT2D eigenvalue weighted by Crippen LogP contribution is 2.04. The summed E-state index contributed by atoms with van der Waals surface area (Å²) in [6.07, 6.45) is 0. The van der Waals surface area contributed by atoms with Crippen molar-refractivity contribution in [2.75, 3.05) is 46.2 Å². The molecular formula is C29H51N9O17. The van der Waals surface area contributed by atoms with Crippen LogP contribution in [0, 0.1) is 5.92 Å². The number of carboxylic acids is 1. The Hall–Kier alpha value is -5.09. The minimum atomic E-state index is -1.84. The van der Waals surface area contributed by atoms with Gasteiger partial charge in [0.15, 0.2) is 0 Å². The van der Waals surface area contributed by atoms with Crippen LogP contribution in [0.25, 0.3) is 0 Å². The van der Waals surface area contributed by atoms with Crippen molar-refractivity contribution in [1.82, 2.24) is 42.5 Å².